The number of anilines is 1. The van der Waals surface area contributed by atoms with Crippen LogP contribution in [0.15, 0.2) is 36.4 Å². The number of hydrogen-bond donors (Lipinski definition) is 1. The Kier molecular flexibility index (Phi) is 10.2. The molecule has 1 fully saturated rings. The third kappa shape index (κ3) is 7.78. The van der Waals surface area contributed by atoms with Crippen molar-refractivity contribution in [1.29, 1.82) is 0 Å². The number of aryl methyl sites for hydroxylation is 3. The first-order valence-corrected chi connectivity index (χ1v) is 16.1. The third-order valence-electron chi connectivity index (χ3n) is 8.41. The monoisotopic (exact) mass is 671 g/mol. The molecule has 250 valence electrons. The molecule has 47 heavy (non-hydrogen) atoms. The molecule has 1 saturated carbocycles. The number of nitrogens with zero attached hydrogens (tertiary/aromatic N) is 2. The van der Waals surface area contributed by atoms with E-state index in [0.717, 1.165) is 28.8 Å². The standard InChI is InChI=1S/C34H36F3N3O6S/c1-19-10-12-24-22(14-19)16-25(40(24)18-29(41)46-32(43)34(35,36)37)31(42)39-33-38-30(23-17-26(44-3)20(2)15-27(23)45-4)28(47-33)13-11-21-8-6-5-7-9-21/h10,12,14-17,21H,5-9,11,13,18H2,1-4H3,(H,38,39,42). The van der Waals surface area contributed by atoms with E-state index >= 15 is 0 Å². The molecular formula is C34H36F3N3O6S. The maximum atomic E-state index is 13.8. The van der Waals surface area contributed by atoms with Gasteiger partial charge in [0.15, 0.2) is 5.13 Å². The number of aromatic nitrogens is 2. The molecule has 1 N–H and O–H groups in total. The van der Waals surface area contributed by atoms with E-state index in [1.165, 1.54) is 54.1 Å². The van der Waals surface area contributed by atoms with E-state index in [-0.39, 0.29) is 5.69 Å². The molecule has 0 unspecified atom stereocenters. The number of esters is 2. The van der Waals surface area contributed by atoms with Crippen molar-refractivity contribution in [3.63, 3.8) is 0 Å². The number of amides is 1. The summed E-state index contributed by atoms with van der Waals surface area (Å²) in [6.45, 7) is 2.96. The Morgan fingerprint density at radius 1 is 1.00 bits per heavy atom. The second kappa shape index (κ2) is 14.2. The Morgan fingerprint density at radius 2 is 1.72 bits per heavy atom. The molecule has 2 heterocycles. The summed E-state index contributed by atoms with van der Waals surface area (Å²) in [4.78, 5) is 43.3. The van der Waals surface area contributed by atoms with E-state index < -0.39 is 30.6 Å². The Hall–Kier alpha value is -4.39. The molecule has 1 aliphatic carbocycles. The molecule has 0 spiro atoms. The van der Waals surface area contributed by atoms with Crippen LogP contribution in [0.5, 0.6) is 11.5 Å². The topological polar surface area (TPSA) is 109 Å². The normalized spacial score (nSPS) is 13.9. The molecule has 9 nitrogen and oxygen atoms in total. The van der Waals surface area contributed by atoms with Gasteiger partial charge in [-0.1, -0.05) is 43.7 Å². The van der Waals surface area contributed by atoms with Gasteiger partial charge in [0.05, 0.1) is 19.9 Å². The van der Waals surface area contributed by atoms with Crippen molar-refractivity contribution in [3.05, 3.63) is 58.1 Å². The number of thiazole rings is 1. The van der Waals surface area contributed by atoms with E-state index in [2.05, 4.69) is 10.1 Å². The fourth-order valence-corrected chi connectivity index (χ4v) is 7.05. The van der Waals surface area contributed by atoms with Crippen LogP contribution in [0.2, 0.25) is 0 Å². The molecule has 0 saturated heterocycles. The molecule has 2 aromatic carbocycles. The number of rotatable bonds is 10. The summed E-state index contributed by atoms with van der Waals surface area (Å²) in [5, 5.41) is 3.71. The Balaban J connectivity index is 1.49. The number of benzene rings is 2. The number of halogens is 3. The van der Waals surface area contributed by atoms with Gasteiger partial charge in [-0.15, -0.1) is 11.3 Å². The summed E-state index contributed by atoms with van der Waals surface area (Å²) < 4.78 is 54.8. The zero-order chi connectivity index (χ0) is 33.9. The summed E-state index contributed by atoms with van der Waals surface area (Å²) in [6.07, 6.45) is 2.43. The van der Waals surface area contributed by atoms with Crippen molar-refractivity contribution in [2.24, 2.45) is 5.92 Å². The molecule has 13 heteroatoms. The summed E-state index contributed by atoms with van der Waals surface area (Å²) >= 11 is 1.33. The van der Waals surface area contributed by atoms with Crippen LogP contribution >= 0.6 is 11.3 Å². The van der Waals surface area contributed by atoms with Crippen LogP contribution in [0.25, 0.3) is 22.2 Å². The number of nitrogens with one attached hydrogen (secondary N) is 1. The highest BCUT2D eigenvalue weighted by molar-refractivity contribution is 7.16. The number of methoxy groups -OCH3 is 2. The van der Waals surface area contributed by atoms with Gasteiger partial charge in [0.1, 0.15) is 23.7 Å². The lowest BCUT2D eigenvalue weighted by Crippen LogP contribution is -2.30. The number of ether oxygens (including phenoxy) is 3. The lowest BCUT2D eigenvalue weighted by molar-refractivity contribution is -0.202. The zero-order valence-electron chi connectivity index (χ0n) is 26.6. The summed E-state index contributed by atoms with van der Waals surface area (Å²) in [6, 6.07) is 10.4. The minimum Gasteiger partial charge on any atom is -0.496 e. The number of alkyl halides is 3. The van der Waals surface area contributed by atoms with Crippen molar-refractivity contribution in [2.45, 2.75) is 71.5 Å². The van der Waals surface area contributed by atoms with Gasteiger partial charge in [0, 0.05) is 21.3 Å². The smallest absolute Gasteiger partial charge is 0.491 e. The Labute approximate surface area is 274 Å². The van der Waals surface area contributed by atoms with Gasteiger partial charge in [-0.3, -0.25) is 10.1 Å². The van der Waals surface area contributed by atoms with Crippen LogP contribution in [0.1, 0.15) is 65.0 Å². The van der Waals surface area contributed by atoms with E-state index in [9.17, 15) is 27.6 Å². The quantitative estimate of drug-likeness (QED) is 0.135. The molecule has 2 aromatic heterocycles. The second-order valence-electron chi connectivity index (χ2n) is 11.7. The lowest BCUT2D eigenvalue weighted by atomic mass is 9.86. The minimum atomic E-state index is -5.34. The predicted molar refractivity (Wildman–Crippen MR) is 172 cm³/mol. The van der Waals surface area contributed by atoms with Crippen molar-refractivity contribution >= 4 is 45.2 Å². The van der Waals surface area contributed by atoms with Crippen molar-refractivity contribution in [3.8, 4) is 22.8 Å². The van der Waals surface area contributed by atoms with Crippen LogP contribution in [0, 0.1) is 19.8 Å². The molecule has 0 aliphatic heterocycles. The van der Waals surface area contributed by atoms with Crippen LogP contribution in [-0.4, -0.2) is 47.8 Å². The van der Waals surface area contributed by atoms with Crippen LogP contribution in [0.4, 0.5) is 18.3 Å². The minimum absolute atomic E-state index is 0.0166. The highest BCUT2D eigenvalue weighted by Gasteiger charge is 2.42. The highest BCUT2D eigenvalue weighted by Crippen LogP contribution is 2.41. The molecule has 0 atom stereocenters. The zero-order valence-corrected chi connectivity index (χ0v) is 27.4. The Morgan fingerprint density at radius 3 is 2.40 bits per heavy atom. The average Bonchev–Trinajstić information content (AvgIpc) is 3.60. The van der Waals surface area contributed by atoms with Gasteiger partial charge in [0.25, 0.3) is 5.91 Å². The number of carbonyl (C=O) groups is 3. The second-order valence-corrected chi connectivity index (χ2v) is 12.8. The van der Waals surface area contributed by atoms with Gasteiger partial charge >= 0.3 is 18.1 Å². The van der Waals surface area contributed by atoms with Gasteiger partial charge in [0.2, 0.25) is 0 Å². The molecule has 4 aromatic rings. The van der Waals surface area contributed by atoms with E-state index in [1.807, 2.05) is 26.0 Å². The van der Waals surface area contributed by atoms with Crippen molar-refractivity contribution in [2.75, 3.05) is 19.5 Å². The fraction of sp³-hybridized carbons (Fsp3) is 0.412. The first-order chi connectivity index (χ1) is 22.4. The summed E-state index contributed by atoms with van der Waals surface area (Å²) in [7, 11) is 3.17. The van der Waals surface area contributed by atoms with E-state index in [4.69, 9.17) is 14.5 Å². The third-order valence-corrected chi connectivity index (χ3v) is 9.44. The SMILES string of the molecule is COc1cc(-c2nc(NC(=O)c3cc4cc(C)ccc4n3CC(=O)OC(=O)C(F)(F)F)sc2CCC2CCCCC2)c(OC)cc1C. The van der Waals surface area contributed by atoms with Crippen LogP contribution < -0.4 is 14.8 Å². The van der Waals surface area contributed by atoms with Gasteiger partial charge in [-0.25, -0.2) is 14.6 Å². The molecular weight excluding hydrogens is 635 g/mol. The molecule has 0 bridgehead atoms. The van der Waals surface area contributed by atoms with E-state index in [0.29, 0.717) is 44.7 Å². The van der Waals surface area contributed by atoms with Gasteiger partial charge in [-0.05, 0) is 68.5 Å². The number of hydrogen-bond acceptors (Lipinski definition) is 8. The van der Waals surface area contributed by atoms with E-state index in [1.54, 1.807) is 32.4 Å². The van der Waals surface area contributed by atoms with Crippen LogP contribution in [-0.2, 0) is 27.3 Å². The summed E-state index contributed by atoms with van der Waals surface area (Å²) in [5.74, 6) is -2.85. The average molecular weight is 672 g/mol. The number of carbonyl (C=O) groups excluding carboxylic acids is 3. The van der Waals surface area contributed by atoms with Gasteiger partial charge in [-0.2, -0.15) is 13.2 Å². The molecule has 1 amide bonds. The molecule has 0 radical (unpaired) electrons. The maximum absolute atomic E-state index is 13.8. The molecule has 5 rings (SSSR count). The lowest BCUT2D eigenvalue weighted by Gasteiger charge is -2.21. The molecule has 1 aliphatic rings. The first-order valence-electron chi connectivity index (χ1n) is 15.3. The van der Waals surface area contributed by atoms with Crippen molar-refractivity contribution < 1.29 is 41.8 Å². The highest BCUT2D eigenvalue weighted by atomic mass is 32.1. The Bertz CT molecular complexity index is 1810. The predicted octanol–water partition coefficient (Wildman–Crippen LogP) is 7.80. The fourth-order valence-electron chi connectivity index (χ4n) is 6.06. The summed E-state index contributed by atoms with van der Waals surface area (Å²) in [5.41, 5.74) is 3.51. The first kappa shape index (κ1) is 34.0. The van der Waals surface area contributed by atoms with Gasteiger partial charge < -0.3 is 18.8 Å². The van der Waals surface area contributed by atoms with Crippen molar-refractivity contribution in [1.82, 2.24) is 9.55 Å². The van der Waals surface area contributed by atoms with Crippen LogP contribution in [0.3, 0.4) is 0 Å². The number of fused-ring (bicyclic) bond motifs is 1. The largest absolute Gasteiger partial charge is 0.496 e. The maximum Gasteiger partial charge on any atom is 0.491 e.